The first kappa shape index (κ1) is 14.8. The fourth-order valence-corrected chi connectivity index (χ4v) is 4.77. The summed E-state index contributed by atoms with van der Waals surface area (Å²) in [6.45, 7) is 6.30. The van der Waals surface area contributed by atoms with Crippen LogP contribution in [0.15, 0.2) is 6.07 Å². The smallest absolute Gasteiger partial charge is 0.107 e. The molecule has 21 heavy (non-hydrogen) atoms. The van der Waals surface area contributed by atoms with E-state index in [0.717, 1.165) is 40.4 Å². The molecule has 0 amide bonds. The molecule has 4 atom stereocenters. The molecular weight excluding hydrogens is 278 g/mol. The molecule has 2 aliphatic rings. The summed E-state index contributed by atoms with van der Waals surface area (Å²) in [5.41, 5.74) is 9.80. The molecule has 1 aromatic heterocycles. The van der Waals surface area contributed by atoms with Crippen molar-refractivity contribution in [3.05, 3.63) is 23.0 Å². The average Bonchev–Trinajstić information content (AvgIpc) is 2.99. The van der Waals surface area contributed by atoms with Crippen LogP contribution in [0.3, 0.4) is 0 Å². The third kappa shape index (κ3) is 2.78. The van der Waals surface area contributed by atoms with E-state index in [-0.39, 0.29) is 0 Å². The summed E-state index contributed by atoms with van der Waals surface area (Å²) < 4.78 is 0. The van der Waals surface area contributed by atoms with Gasteiger partial charge in [0.05, 0.1) is 5.56 Å². The number of hydrogen-bond donors (Lipinski definition) is 2. The van der Waals surface area contributed by atoms with Crippen molar-refractivity contribution in [2.24, 2.45) is 23.5 Å². The summed E-state index contributed by atoms with van der Waals surface area (Å²) in [7, 11) is 0. The Morgan fingerprint density at radius 2 is 2.14 bits per heavy atom. The van der Waals surface area contributed by atoms with Crippen LogP contribution in [0.25, 0.3) is 0 Å². The minimum Gasteiger partial charge on any atom is -0.389 e. The maximum atomic E-state index is 5.91. The number of nitrogens with zero attached hydrogens (tertiary/aromatic N) is 1. The Labute approximate surface area is 132 Å². The van der Waals surface area contributed by atoms with Crippen molar-refractivity contribution in [2.45, 2.75) is 52.5 Å². The van der Waals surface area contributed by atoms with Crippen molar-refractivity contribution in [2.75, 3.05) is 5.32 Å². The van der Waals surface area contributed by atoms with Gasteiger partial charge in [-0.05, 0) is 63.9 Å². The highest BCUT2D eigenvalue weighted by Gasteiger charge is 2.41. The van der Waals surface area contributed by atoms with Crippen LogP contribution in [0.2, 0.25) is 0 Å². The molecule has 1 heterocycles. The lowest BCUT2D eigenvalue weighted by Gasteiger charge is -2.30. The van der Waals surface area contributed by atoms with Gasteiger partial charge < -0.3 is 11.1 Å². The van der Waals surface area contributed by atoms with Gasteiger partial charge in [0.15, 0.2) is 0 Å². The monoisotopic (exact) mass is 303 g/mol. The Kier molecular flexibility index (Phi) is 3.91. The van der Waals surface area contributed by atoms with Gasteiger partial charge in [-0.1, -0.05) is 18.6 Å². The molecule has 0 radical (unpaired) electrons. The number of pyridine rings is 1. The summed E-state index contributed by atoms with van der Waals surface area (Å²) >= 11 is 5.22. The Morgan fingerprint density at radius 3 is 2.71 bits per heavy atom. The van der Waals surface area contributed by atoms with Crippen LogP contribution in [0.4, 0.5) is 5.69 Å². The molecule has 1 aromatic rings. The summed E-state index contributed by atoms with van der Waals surface area (Å²) in [5, 5.41) is 3.69. The van der Waals surface area contributed by atoms with Crippen LogP contribution in [0, 0.1) is 31.6 Å². The average molecular weight is 303 g/mol. The van der Waals surface area contributed by atoms with E-state index in [2.05, 4.69) is 23.3 Å². The van der Waals surface area contributed by atoms with Gasteiger partial charge in [-0.25, -0.2) is 0 Å². The summed E-state index contributed by atoms with van der Waals surface area (Å²) in [5.74, 6) is 2.67. The van der Waals surface area contributed by atoms with Crippen LogP contribution in [-0.4, -0.2) is 16.0 Å². The van der Waals surface area contributed by atoms with E-state index in [1.807, 2.05) is 13.8 Å². The first-order valence-corrected chi connectivity index (χ1v) is 8.41. The molecule has 3 nitrogen and oxygen atoms in total. The van der Waals surface area contributed by atoms with E-state index in [4.69, 9.17) is 18.0 Å². The van der Waals surface area contributed by atoms with Crippen molar-refractivity contribution in [3.8, 4) is 0 Å². The van der Waals surface area contributed by atoms with Crippen LogP contribution in [0.1, 0.15) is 49.6 Å². The van der Waals surface area contributed by atoms with Crippen LogP contribution < -0.4 is 11.1 Å². The number of hydrogen-bond acceptors (Lipinski definition) is 3. The quantitative estimate of drug-likeness (QED) is 0.835. The van der Waals surface area contributed by atoms with Gasteiger partial charge >= 0.3 is 0 Å². The first-order chi connectivity index (χ1) is 9.95. The van der Waals surface area contributed by atoms with Gasteiger partial charge in [0.1, 0.15) is 4.99 Å². The molecule has 4 heteroatoms. The maximum absolute atomic E-state index is 5.91. The first-order valence-electron chi connectivity index (χ1n) is 8.00. The predicted octanol–water partition coefficient (Wildman–Crippen LogP) is 3.57. The molecule has 2 aliphatic carbocycles. The van der Waals surface area contributed by atoms with Crippen molar-refractivity contribution < 1.29 is 0 Å². The Balaban J connectivity index is 1.82. The van der Waals surface area contributed by atoms with Gasteiger partial charge in [-0.2, -0.15) is 0 Å². The minimum absolute atomic E-state index is 0.433. The number of fused-ring (bicyclic) bond motifs is 2. The van der Waals surface area contributed by atoms with Crippen LogP contribution >= 0.6 is 12.2 Å². The molecular formula is C17H25N3S. The third-order valence-electron chi connectivity index (χ3n) is 5.39. The number of aryl methyl sites for hydroxylation is 2. The van der Waals surface area contributed by atoms with Gasteiger partial charge in [0, 0.05) is 23.1 Å². The number of nitrogens with two attached hydrogens (primary N) is 1. The van der Waals surface area contributed by atoms with Crippen LogP contribution in [-0.2, 0) is 0 Å². The van der Waals surface area contributed by atoms with E-state index < -0.39 is 0 Å². The lowest BCUT2D eigenvalue weighted by molar-refractivity contribution is 0.304. The number of rotatable bonds is 4. The largest absolute Gasteiger partial charge is 0.389 e. The van der Waals surface area contributed by atoms with E-state index in [1.165, 1.54) is 25.7 Å². The Morgan fingerprint density at radius 1 is 1.38 bits per heavy atom. The second kappa shape index (κ2) is 5.56. The lowest BCUT2D eigenvalue weighted by atomic mass is 9.84. The fraction of sp³-hybridized carbons (Fsp3) is 0.647. The molecule has 0 saturated heterocycles. The molecule has 3 rings (SSSR count). The molecule has 114 valence electrons. The number of thiocarbonyl (C=S) groups is 1. The van der Waals surface area contributed by atoms with Crippen LogP contribution in [0.5, 0.6) is 0 Å². The second-order valence-corrected chi connectivity index (χ2v) is 7.35. The van der Waals surface area contributed by atoms with Gasteiger partial charge in [-0.3, -0.25) is 4.98 Å². The third-order valence-corrected chi connectivity index (χ3v) is 5.60. The zero-order chi connectivity index (χ0) is 15.1. The molecule has 0 spiro atoms. The predicted molar refractivity (Wildman–Crippen MR) is 91.6 cm³/mol. The number of anilines is 1. The molecule has 0 aliphatic heterocycles. The SMILES string of the molecule is Cc1cc(NC(C)C2CC3CCC2C3)c(C(N)=S)c(C)n1. The molecule has 2 bridgehead atoms. The molecule has 4 unspecified atom stereocenters. The van der Waals surface area contributed by atoms with Gasteiger partial charge in [-0.15, -0.1) is 0 Å². The van der Waals surface area contributed by atoms with E-state index in [9.17, 15) is 0 Å². The minimum atomic E-state index is 0.433. The second-order valence-electron chi connectivity index (χ2n) is 6.91. The molecule has 0 aromatic carbocycles. The number of nitrogens with one attached hydrogen (secondary N) is 1. The van der Waals surface area contributed by atoms with Crippen molar-refractivity contribution in [1.82, 2.24) is 4.98 Å². The highest BCUT2D eigenvalue weighted by atomic mass is 32.1. The van der Waals surface area contributed by atoms with Gasteiger partial charge in [0.2, 0.25) is 0 Å². The molecule has 3 N–H and O–H groups in total. The van der Waals surface area contributed by atoms with Crippen molar-refractivity contribution in [1.29, 1.82) is 0 Å². The standard InChI is InChI=1S/C17H25N3S/c1-9-6-15(16(17(18)21)11(3)19-9)20-10(2)14-8-12-4-5-13(14)7-12/h6,10,12-14H,4-5,7-8H2,1-3H3,(H2,18,21)(H,19,20). The topological polar surface area (TPSA) is 50.9 Å². The van der Waals surface area contributed by atoms with Gasteiger partial charge in [0.25, 0.3) is 0 Å². The van der Waals surface area contributed by atoms with Crippen molar-refractivity contribution >= 4 is 22.9 Å². The summed E-state index contributed by atoms with van der Waals surface area (Å²) in [6.07, 6.45) is 5.68. The Bertz CT molecular complexity index is 569. The molecule has 2 fully saturated rings. The van der Waals surface area contributed by atoms with Crippen molar-refractivity contribution in [3.63, 3.8) is 0 Å². The van der Waals surface area contributed by atoms with E-state index >= 15 is 0 Å². The zero-order valence-corrected chi connectivity index (χ0v) is 14.0. The fourth-order valence-electron chi connectivity index (χ4n) is 4.51. The summed E-state index contributed by atoms with van der Waals surface area (Å²) in [4.78, 5) is 4.92. The highest BCUT2D eigenvalue weighted by Crippen LogP contribution is 2.49. The zero-order valence-electron chi connectivity index (χ0n) is 13.1. The lowest BCUT2D eigenvalue weighted by Crippen LogP contribution is -2.31. The number of aromatic nitrogens is 1. The highest BCUT2D eigenvalue weighted by molar-refractivity contribution is 7.80. The van der Waals surface area contributed by atoms with E-state index in [1.54, 1.807) is 0 Å². The van der Waals surface area contributed by atoms with E-state index in [0.29, 0.717) is 11.0 Å². The normalized spacial score (nSPS) is 28.6. The Hall–Kier alpha value is -1.16. The molecule has 2 saturated carbocycles. The summed E-state index contributed by atoms with van der Waals surface area (Å²) in [6, 6.07) is 2.54. The maximum Gasteiger partial charge on any atom is 0.107 e.